The molecule has 2 heterocycles. The highest BCUT2D eigenvalue weighted by Crippen LogP contribution is 2.45. The third kappa shape index (κ3) is 3.93. The molecular weight excluding hydrogens is 543 g/mol. The molecule has 202 valence electrons. The summed E-state index contributed by atoms with van der Waals surface area (Å²) in [7, 11) is 0. The van der Waals surface area contributed by atoms with Crippen molar-refractivity contribution < 1.29 is 4.42 Å². The van der Waals surface area contributed by atoms with E-state index >= 15 is 0 Å². The number of thiophene rings is 1. The van der Waals surface area contributed by atoms with Crippen molar-refractivity contribution in [3.63, 3.8) is 0 Å². The summed E-state index contributed by atoms with van der Waals surface area (Å²) in [5.41, 5.74) is 7.64. The van der Waals surface area contributed by atoms with E-state index < -0.39 is 0 Å². The first-order chi connectivity index (χ1) is 21.3. The molecule has 0 aliphatic carbocycles. The number of fused-ring (bicyclic) bond motifs is 7. The summed E-state index contributed by atoms with van der Waals surface area (Å²) in [5, 5.41) is 7.36. The molecule has 0 atom stereocenters. The first-order valence-corrected chi connectivity index (χ1v) is 15.3. The van der Waals surface area contributed by atoms with Gasteiger partial charge in [0.2, 0.25) is 0 Å². The van der Waals surface area contributed by atoms with Crippen LogP contribution in [0, 0.1) is 0 Å². The van der Waals surface area contributed by atoms with E-state index in [1.165, 1.54) is 47.8 Å². The molecule has 3 heteroatoms. The number of furan rings is 1. The molecule has 2 aromatic heterocycles. The van der Waals surface area contributed by atoms with Crippen LogP contribution in [0.5, 0.6) is 0 Å². The van der Waals surface area contributed by atoms with Gasteiger partial charge in [-0.3, -0.25) is 0 Å². The number of rotatable bonds is 4. The van der Waals surface area contributed by atoms with Gasteiger partial charge in [-0.2, -0.15) is 0 Å². The lowest BCUT2D eigenvalue weighted by atomic mass is 10.0. The van der Waals surface area contributed by atoms with Crippen molar-refractivity contribution in [1.82, 2.24) is 0 Å². The second-order valence-corrected chi connectivity index (χ2v) is 12.0. The minimum Gasteiger partial charge on any atom is -0.456 e. The third-order valence-corrected chi connectivity index (χ3v) is 9.66. The summed E-state index contributed by atoms with van der Waals surface area (Å²) in [6, 6.07) is 54.4. The van der Waals surface area contributed by atoms with Gasteiger partial charge < -0.3 is 9.32 Å². The predicted molar refractivity (Wildman–Crippen MR) is 184 cm³/mol. The molecule has 43 heavy (non-hydrogen) atoms. The quantitative estimate of drug-likeness (QED) is 0.210. The third-order valence-electron chi connectivity index (χ3n) is 8.45. The Bertz CT molecular complexity index is 2470. The molecule has 2 nitrogen and oxygen atoms in total. The summed E-state index contributed by atoms with van der Waals surface area (Å²) in [6.45, 7) is 0. The van der Waals surface area contributed by atoms with Crippen molar-refractivity contribution in [3.05, 3.63) is 152 Å². The molecule has 0 saturated carbocycles. The maximum absolute atomic E-state index is 6.07. The van der Waals surface area contributed by atoms with Gasteiger partial charge in [-0.15, -0.1) is 11.3 Å². The second kappa shape index (κ2) is 9.59. The minimum absolute atomic E-state index is 0.917. The normalized spacial score (nSPS) is 11.7. The van der Waals surface area contributed by atoms with Gasteiger partial charge in [0, 0.05) is 37.6 Å². The van der Waals surface area contributed by atoms with Crippen LogP contribution >= 0.6 is 11.3 Å². The molecule has 0 bridgehead atoms. The van der Waals surface area contributed by atoms with E-state index in [1.54, 1.807) is 0 Å². The topological polar surface area (TPSA) is 16.4 Å². The van der Waals surface area contributed by atoms with Gasteiger partial charge in [-0.1, -0.05) is 97.1 Å². The fraction of sp³-hybridized carbons (Fsp3) is 0. The SMILES string of the molecule is c1ccc2cc(N(c3ccc(-c4ccc5oc6ccccc6c5c4)cc3)c3cccc4c3sc3ccccc34)ccc2c1. The lowest BCUT2D eigenvalue weighted by Crippen LogP contribution is -2.10. The number of para-hydroxylation sites is 1. The first kappa shape index (κ1) is 24.2. The smallest absolute Gasteiger partial charge is 0.135 e. The van der Waals surface area contributed by atoms with Gasteiger partial charge in [-0.25, -0.2) is 0 Å². The highest BCUT2D eigenvalue weighted by atomic mass is 32.1. The van der Waals surface area contributed by atoms with E-state index in [9.17, 15) is 0 Å². The van der Waals surface area contributed by atoms with Gasteiger partial charge in [0.15, 0.2) is 0 Å². The van der Waals surface area contributed by atoms with Gasteiger partial charge in [0.1, 0.15) is 11.2 Å². The van der Waals surface area contributed by atoms with Crippen LogP contribution in [0.25, 0.3) is 64.0 Å². The molecule has 0 unspecified atom stereocenters. The van der Waals surface area contributed by atoms with Gasteiger partial charge in [0.05, 0.1) is 10.4 Å². The van der Waals surface area contributed by atoms with Crippen LogP contribution < -0.4 is 4.90 Å². The molecule has 7 aromatic carbocycles. The van der Waals surface area contributed by atoms with Crippen LogP contribution in [-0.4, -0.2) is 0 Å². The highest BCUT2D eigenvalue weighted by molar-refractivity contribution is 7.26. The van der Waals surface area contributed by atoms with Crippen LogP contribution in [0.3, 0.4) is 0 Å². The van der Waals surface area contributed by atoms with E-state index in [1.807, 2.05) is 23.5 Å². The maximum Gasteiger partial charge on any atom is 0.135 e. The molecule has 0 amide bonds. The van der Waals surface area contributed by atoms with E-state index in [0.29, 0.717) is 0 Å². The summed E-state index contributed by atoms with van der Waals surface area (Å²) >= 11 is 1.86. The zero-order chi connectivity index (χ0) is 28.3. The largest absolute Gasteiger partial charge is 0.456 e. The number of anilines is 3. The zero-order valence-corrected chi connectivity index (χ0v) is 24.0. The molecule has 0 fully saturated rings. The van der Waals surface area contributed by atoms with E-state index in [4.69, 9.17) is 4.42 Å². The van der Waals surface area contributed by atoms with E-state index in [-0.39, 0.29) is 0 Å². The molecule has 9 rings (SSSR count). The number of hydrogen-bond acceptors (Lipinski definition) is 3. The molecule has 0 saturated heterocycles. The Morgan fingerprint density at radius 1 is 0.442 bits per heavy atom. The van der Waals surface area contributed by atoms with Crippen molar-refractivity contribution in [1.29, 1.82) is 0 Å². The number of hydrogen-bond donors (Lipinski definition) is 0. The Morgan fingerprint density at radius 2 is 1.14 bits per heavy atom. The van der Waals surface area contributed by atoms with Crippen LogP contribution in [-0.2, 0) is 0 Å². The fourth-order valence-corrected chi connectivity index (χ4v) is 7.57. The van der Waals surface area contributed by atoms with Crippen LogP contribution in [0.15, 0.2) is 156 Å². The lowest BCUT2D eigenvalue weighted by molar-refractivity contribution is 0.669. The highest BCUT2D eigenvalue weighted by Gasteiger charge is 2.18. The van der Waals surface area contributed by atoms with Crippen molar-refractivity contribution in [2.45, 2.75) is 0 Å². The Labute approximate surface area is 252 Å². The lowest BCUT2D eigenvalue weighted by Gasteiger charge is -2.26. The Hall–Kier alpha value is -5.38. The summed E-state index contributed by atoms with van der Waals surface area (Å²) in [5.74, 6) is 0. The maximum atomic E-state index is 6.07. The number of benzene rings is 7. The van der Waals surface area contributed by atoms with Crippen molar-refractivity contribution >= 4 is 81.3 Å². The Kier molecular flexibility index (Phi) is 5.40. The average molecular weight is 568 g/mol. The standard InChI is InChI=1S/C40H25NOS/c1-2-9-28-24-31(22-18-26(28)8-1)41(36-13-7-12-34-33-11-4-6-15-39(33)43-40(34)36)30-20-16-27(17-21-30)29-19-23-38-35(25-29)32-10-3-5-14-37(32)42-38/h1-25H. The van der Waals surface area contributed by atoms with Crippen molar-refractivity contribution in [3.8, 4) is 11.1 Å². The molecular formula is C40H25NOS. The molecule has 0 N–H and O–H groups in total. The summed E-state index contributed by atoms with van der Waals surface area (Å²) in [6.07, 6.45) is 0. The van der Waals surface area contributed by atoms with Gasteiger partial charge in [-0.05, 0) is 76.5 Å². The Morgan fingerprint density at radius 3 is 2.05 bits per heavy atom. The van der Waals surface area contributed by atoms with Gasteiger partial charge >= 0.3 is 0 Å². The zero-order valence-electron chi connectivity index (χ0n) is 23.2. The van der Waals surface area contributed by atoms with Crippen LogP contribution in [0.2, 0.25) is 0 Å². The minimum atomic E-state index is 0.917. The summed E-state index contributed by atoms with van der Waals surface area (Å²) in [4.78, 5) is 2.40. The van der Waals surface area contributed by atoms with Crippen LogP contribution in [0.4, 0.5) is 17.1 Å². The van der Waals surface area contributed by atoms with Crippen molar-refractivity contribution in [2.75, 3.05) is 4.90 Å². The fourth-order valence-electron chi connectivity index (χ4n) is 6.36. The summed E-state index contributed by atoms with van der Waals surface area (Å²) < 4.78 is 8.67. The molecule has 0 radical (unpaired) electrons. The molecule has 0 spiro atoms. The second-order valence-electron chi connectivity index (χ2n) is 11.0. The molecule has 0 aliphatic rings. The number of nitrogens with zero attached hydrogens (tertiary/aromatic N) is 1. The predicted octanol–water partition coefficient (Wildman–Crippen LogP) is 12.2. The monoisotopic (exact) mass is 567 g/mol. The van der Waals surface area contributed by atoms with Crippen LogP contribution in [0.1, 0.15) is 0 Å². The molecule has 0 aliphatic heterocycles. The average Bonchev–Trinajstić information content (AvgIpc) is 3.64. The molecule has 9 aromatic rings. The Balaban J connectivity index is 1.21. The van der Waals surface area contributed by atoms with Crippen molar-refractivity contribution in [2.24, 2.45) is 0 Å². The first-order valence-electron chi connectivity index (χ1n) is 14.5. The van der Waals surface area contributed by atoms with Gasteiger partial charge in [0.25, 0.3) is 0 Å². The van der Waals surface area contributed by atoms with E-state index in [0.717, 1.165) is 33.3 Å². The van der Waals surface area contributed by atoms with E-state index in [2.05, 4.69) is 144 Å².